The summed E-state index contributed by atoms with van der Waals surface area (Å²) in [5, 5.41) is 3.56. The number of carbonyl (C=O) groups is 1. The first-order valence-corrected chi connectivity index (χ1v) is 7.13. The fourth-order valence-corrected chi connectivity index (χ4v) is 2.23. The molecule has 0 saturated heterocycles. The Balaban J connectivity index is 1.94. The smallest absolute Gasteiger partial charge is 0.291 e. The Bertz CT molecular complexity index is 931. The number of hydrogen-bond donors (Lipinski definition) is 1. The lowest BCUT2D eigenvalue weighted by Crippen LogP contribution is -2.14. The third-order valence-corrected chi connectivity index (χ3v) is 3.51. The van der Waals surface area contributed by atoms with Crippen molar-refractivity contribution in [2.24, 2.45) is 0 Å². The van der Waals surface area contributed by atoms with E-state index in [0.717, 1.165) is 6.07 Å². The number of ether oxygens (including phenoxy) is 1. The summed E-state index contributed by atoms with van der Waals surface area (Å²) < 4.78 is 10.6. The predicted octanol–water partition coefficient (Wildman–Crippen LogP) is 3.71. The molecule has 0 saturated carbocycles. The molecule has 0 spiro atoms. The molecule has 1 amide bonds. The number of methoxy groups -OCH3 is 1. The number of hydrogen-bond acceptors (Lipinski definition) is 4. The largest absolute Gasteiger partial charge is 0.497 e. The van der Waals surface area contributed by atoms with Crippen molar-refractivity contribution in [1.29, 1.82) is 0 Å². The van der Waals surface area contributed by atoms with Crippen molar-refractivity contribution in [1.82, 2.24) is 0 Å². The van der Waals surface area contributed by atoms with Gasteiger partial charge in [-0.3, -0.25) is 9.59 Å². The molecule has 0 radical (unpaired) electrons. The molecular weight excluding hydrogens is 318 g/mol. The Kier molecular flexibility index (Phi) is 4.04. The lowest BCUT2D eigenvalue weighted by Gasteiger charge is -2.06. The standard InChI is InChI=1S/C17H12ClNO4/c1-22-12-6-7-15-13(8-12)14(20)9-16(23-15)17(21)19-11-4-2-10(18)3-5-11/h2-9H,1H3,(H,19,21). The van der Waals surface area contributed by atoms with Gasteiger partial charge in [0.15, 0.2) is 11.2 Å². The van der Waals surface area contributed by atoms with Crippen LogP contribution in [0.5, 0.6) is 5.75 Å². The van der Waals surface area contributed by atoms with Crippen LogP contribution in [0.1, 0.15) is 10.6 Å². The lowest BCUT2D eigenvalue weighted by molar-refractivity contribution is 0.0997. The zero-order valence-electron chi connectivity index (χ0n) is 12.1. The molecule has 5 nitrogen and oxygen atoms in total. The first-order chi connectivity index (χ1) is 11.1. The fraction of sp³-hybridized carbons (Fsp3) is 0.0588. The van der Waals surface area contributed by atoms with Crippen LogP contribution in [0.2, 0.25) is 5.02 Å². The predicted molar refractivity (Wildman–Crippen MR) is 88.4 cm³/mol. The molecule has 3 aromatic rings. The molecule has 0 aliphatic carbocycles. The summed E-state index contributed by atoms with van der Waals surface area (Å²) in [6, 6.07) is 12.6. The average Bonchev–Trinajstić information content (AvgIpc) is 2.56. The normalized spacial score (nSPS) is 10.5. The van der Waals surface area contributed by atoms with Crippen molar-refractivity contribution in [2.45, 2.75) is 0 Å². The molecule has 23 heavy (non-hydrogen) atoms. The highest BCUT2D eigenvalue weighted by atomic mass is 35.5. The van der Waals surface area contributed by atoms with E-state index in [1.54, 1.807) is 42.5 Å². The van der Waals surface area contributed by atoms with E-state index in [1.807, 2.05) is 0 Å². The summed E-state index contributed by atoms with van der Waals surface area (Å²) in [7, 11) is 1.51. The zero-order chi connectivity index (χ0) is 16.4. The van der Waals surface area contributed by atoms with Gasteiger partial charge in [0.05, 0.1) is 12.5 Å². The van der Waals surface area contributed by atoms with E-state index < -0.39 is 5.91 Å². The summed E-state index contributed by atoms with van der Waals surface area (Å²) in [4.78, 5) is 24.4. The molecule has 0 unspecified atom stereocenters. The molecule has 1 N–H and O–H groups in total. The molecule has 0 fully saturated rings. The summed E-state index contributed by atoms with van der Waals surface area (Å²) in [5.74, 6) is -0.0343. The second-order valence-corrected chi connectivity index (χ2v) is 5.23. The second-order valence-electron chi connectivity index (χ2n) is 4.80. The minimum absolute atomic E-state index is 0.0670. The van der Waals surface area contributed by atoms with Crippen molar-refractivity contribution in [3.63, 3.8) is 0 Å². The Morgan fingerprint density at radius 3 is 2.57 bits per heavy atom. The zero-order valence-corrected chi connectivity index (χ0v) is 12.9. The van der Waals surface area contributed by atoms with Crippen LogP contribution >= 0.6 is 11.6 Å². The summed E-state index contributed by atoms with van der Waals surface area (Å²) in [5.41, 5.74) is 0.558. The highest BCUT2D eigenvalue weighted by Crippen LogP contribution is 2.20. The molecular formula is C17H12ClNO4. The molecule has 0 bridgehead atoms. The minimum atomic E-state index is -0.512. The van der Waals surface area contributed by atoms with Crippen molar-refractivity contribution < 1.29 is 13.9 Å². The van der Waals surface area contributed by atoms with Gasteiger partial charge in [-0.2, -0.15) is 0 Å². The maximum atomic E-state index is 12.2. The van der Waals surface area contributed by atoms with Gasteiger partial charge >= 0.3 is 0 Å². The molecule has 6 heteroatoms. The molecule has 116 valence electrons. The number of benzene rings is 2. The Morgan fingerprint density at radius 2 is 1.87 bits per heavy atom. The number of halogens is 1. The molecule has 0 atom stereocenters. The van der Waals surface area contributed by atoms with Crippen molar-refractivity contribution in [2.75, 3.05) is 12.4 Å². The van der Waals surface area contributed by atoms with E-state index in [4.69, 9.17) is 20.8 Å². The second kappa shape index (κ2) is 6.14. The number of amides is 1. The number of rotatable bonds is 3. The van der Waals surface area contributed by atoms with Gasteiger partial charge in [-0.15, -0.1) is 0 Å². The summed E-state index contributed by atoms with van der Waals surface area (Å²) >= 11 is 5.79. The summed E-state index contributed by atoms with van der Waals surface area (Å²) in [6.45, 7) is 0. The summed E-state index contributed by atoms with van der Waals surface area (Å²) in [6.07, 6.45) is 0. The lowest BCUT2D eigenvalue weighted by atomic mass is 10.2. The molecule has 0 aliphatic heterocycles. The molecule has 1 aromatic heterocycles. The van der Waals surface area contributed by atoms with Gasteiger partial charge in [-0.05, 0) is 42.5 Å². The number of anilines is 1. The number of carbonyl (C=O) groups excluding carboxylic acids is 1. The average molecular weight is 330 g/mol. The van der Waals surface area contributed by atoms with Gasteiger partial charge in [0.25, 0.3) is 5.91 Å². The third-order valence-electron chi connectivity index (χ3n) is 3.26. The van der Waals surface area contributed by atoms with Gasteiger partial charge in [0.2, 0.25) is 0 Å². The van der Waals surface area contributed by atoms with Crippen LogP contribution in [-0.2, 0) is 0 Å². The van der Waals surface area contributed by atoms with Crippen LogP contribution < -0.4 is 15.5 Å². The van der Waals surface area contributed by atoms with E-state index >= 15 is 0 Å². The highest BCUT2D eigenvalue weighted by Gasteiger charge is 2.13. The van der Waals surface area contributed by atoms with Crippen LogP contribution in [0.4, 0.5) is 5.69 Å². The SMILES string of the molecule is COc1ccc2oc(C(=O)Nc3ccc(Cl)cc3)cc(=O)c2c1. The van der Waals surface area contributed by atoms with Crippen LogP contribution in [0, 0.1) is 0 Å². The number of nitrogens with one attached hydrogen (secondary N) is 1. The molecule has 2 aromatic carbocycles. The fourth-order valence-electron chi connectivity index (χ4n) is 2.10. The van der Waals surface area contributed by atoms with Gasteiger partial charge < -0.3 is 14.5 Å². The van der Waals surface area contributed by atoms with E-state index in [0.29, 0.717) is 27.4 Å². The van der Waals surface area contributed by atoms with E-state index in [9.17, 15) is 9.59 Å². The van der Waals surface area contributed by atoms with Gasteiger partial charge in [0, 0.05) is 16.8 Å². The maximum absolute atomic E-state index is 12.2. The first-order valence-electron chi connectivity index (χ1n) is 6.75. The maximum Gasteiger partial charge on any atom is 0.291 e. The third kappa shape index (κ3) is 3.19. The Hall–Kier alpha value is -2.79. The number of fused-ring (bicyclic) bond motifs is 1. The molecule has 1 heterocycles. The Morgan fingerprint density at radius 1 is 1.13 bits per heavy atom. The van der Waals surface area contributed by atoms with Crippen molar-refractivity contribution >= 4 is 34.2 Å². The Labute approximate surface area is 136 Å². The van der Waals surface area contributed by atoms with E-state index in [-0.39, 0.29) is 11.2 Å². The van der Waals surface area contributed by atoms with Gasteiger partial charge in [-0.25, -0.2) is 0 Å². The van der Waals surface area contributed by atoms with Crippen LogP contribution in [0.3, 0.4) is 0 Å². The van der Waals surface area contributed by atoms with Crippen molar-refractivity contribution in [3.05, 3.63) is 69.5 Å². The molecule has 3 rings (SSSR count). The highest BCUT2D eigenvalue weighted by molar-refractivity contribution is 6.30. The van der Waals surface area contributed by atoms with Gasteiger partial charge in [0.1, 0.15) is 11.3 Å². The van der Waals surface area contributed by atoms with E-state index in [1.165, 1.54) is 7.11 Å². The minimum Gasteiger partial charge on any atom is -0.497 e. The molecule has 0 aliphatic rings. The van der Waals surface area contributed by atoms with Crippen molar-refractivity contribution in [3.8, 4) is 5.75 Å². The van der Waals surface area contributed by atoms with Crippen LogP contribution in [-0.4, -0.2) is 13.0 Å². The quantitative estimate of drug-likeness (QED) is 0.795. The van der Waals surface area contributed by atoms with E-state index in [2.05, 4.69) is 5.32 Å². The van der Waals surface area contributed by atoms with Crippen LogP contribution in [0.15, 0.2) is 57.7 Å². The van der Waals surface area contributed by atoms with Gasteiger partial charge in [-0.1, -0.05) is 11.6 Å². The first kappa shape index (κ1) is 15.1. The van der Waals surface area contributed by atoms with Crippen LogP contribution in [0.25, 0.3) is 11.0 Å². The monoisotopic (exact) mass is 329 g/mol. The topological polar surface area (TPSA) is 68.5 Å².